The molecule has 0 bridgehead atoms. The van der Waals surface area contributed by atoms with Crippen LogP contribution in [0.25, 0.3) is 0 Å². The van der Waals surface area contributed by atoms with Gasteiger partial charge in [0, 0.05) is 25.7 Å². The molecule has 0 fully saturated rings. The fourth-order valence-electron chi connectivity index (χ4n) is 1.94. The highest BCUT2D eigenvalue weighted by molar-refractivity contribution is 5.46. The van der Waals surface area contributed by atoms with Crippen molar-refractivity contribution in [1.82, 2.24) is 14.9 Å². The van der Waals surface area contributed by atoms with E-state index in [1.54, 1.807) is 12.1 Å². The van der Waals surface area contributed by atoms with Crippen molar-refractivity contribution >= 4 is 11.6 Å². The van der Waals surface area contributed by atoms with Crippen LogP contribution in [-0.4, -0.2) is 48.6 Å². The fourth-order valence-corrected chi connectivity index (χ4v) is 1.94. The first-order valence-corrected chi connectivity index (χ1v) is 7.32. The van der Waals surface area contributed by atoms with Gasteiger partial charge in [-0.05, 0) is 38.2 Å². The molecule has 0 amide bonds. The van der Waals surface area contributed by atoms with Crippen molar-refractivity contribution in [3.8, 4) is 0 Å². The molecule has 0 aliphatic carbocycles. The summed E-state index contributed by atoms with van der Waals surface area (Å²) in [6.07, 6.45) is 2.35. The Labute approximate surface area is 130 Å². The molecule has 0 atom stereocenters. The van der Waals surface area contributed by atoms with Gasteiger partial charge in [-0.25, -0.2) is 14.4 Å². The predicted molar refractivity (Wildman–Crippen MR) is 87.7 cm³/mol. The standard InChI is InChI=1S/C16H22FN5/c1-22(2)10-9-19-16-11-15(20-12-21-16)18-8-7-13-3-5-14(17)6-4-13/h3-6,11-12H,7-10H2,1-2H3,(H2,18,19,20,21). The summed E-state index contributed by atoms with van der Waals surface area (Å²) in [4.78, 5) is 10.5. The van der Waals surface area contributed by atoms with Gasteiger partial charge in [0.1, 0.15) is 23.8 Å². The minimum Gasteiger partial charge on any atom is -0.370 e. The minimum atomic E-state index is -0.207. The second kappa shape index (κ2) is 8.29. The topological polar surface area (TPSA) is 53.1 Å². The van der Waals surface area contributed by atoms with E-state index in [0.29, 0.717) is 0 Å². The maximum Gasteiger partial charge on any atom is 0.131 e. The first kappa shape index (κ1) is 16.2. The van der Waals surface area contributed by atoms with Gasteiger partial charge < -0.3 is 15.5 Å². The lowest BCUT2D eigenvalue weighted by atomic mass is 10.1. The number of hydrogen-bond donors (Lipinski definition) is 2. The van der Waals surface area contributed by atoms with Gasteiger partial charge in [0.05, 0.1) is 0 Å². The Balaban J connectivity index is 1.78. The van der Waals surface area contributed by atoms with Gasteiger partial charge in [-0.3, -0.25) is 0 Å². The van der Waals surface area contributed by atoms with Crippen LogP contribution in [0.3, 0.4) is 0 Å². The molecule has 1 aromatic heterocycles. The number of hydrogen-bond acceptors (Lipinski definition) is 5. The van der Waals surface area contributed by atoms with Crippen LogP contribution < -0.4 is 10.6 Å². The van der Waals surface area contributed by atoms with E-state index in [-0.39, 0.29) is 5.82 Å². The molecule has 1 aromatic carbocycles. The van der Waals surface area contributed by atoms with E-state index in [1.165, 1.54) is 18.5 Å². The lowest BCUT2D eigenvalue weighted by Crippen LogP contribution is -2.21. The van der Waals surface area contributed by atoms with Gasteiger partial charge in [0.15, 0.2) is 0 Å². The molecule has 2 N–H and O–H groups in total. The zero-order chi connectivity index (χ0) is 15.8. The Morgan fingerprint density at radius 1 is 1.00 bits per heavy atom. The van der Waals surface area contributed by atoms with Crippen molar-refractivity contribution in [1.29, 1.82) is 0 Å². The molecule has 0 aliphatic heterocycles. The SMILES string of the molecule is CN(C)CCNc1cc(NCCc2ccc(F)cc2)ncn1. The Morgan fingerprint density at radius 3 is 2.27 bits per heavy atom. The molecule has 0 spiro atoms. The number of rotatable bonds is 8. The molecule has 0 radical (unpaired) electrons. The molecule has 2 rings (SSSR count). The van der Waals surface area contributed by atoms with Crippen LogP contribution in [0.2, 0.25) is 0 Å². The molecule has 118 valence electrons. The van der Waals surface area contributed by atoms with Crippen molar-refractivity contribution in [3.63, 3.8) is 0 Å². The maximum atomic E-state index is 12.8. The summed E-state index contributed by atoms with van der Waals surface area (Å²) >= 11 is 0. The highest BCUT2D eigenvalue weighted by Crippen LogP contribution is 2.09. The first-order valence-electron chi connectivity index (χ1n) is 7.32. The molecule has 6 heteroatoms. The summed E-state index contributed by atoms with van der Waals surface area (Å²) in [5.41, 5.74) is 1.09. The zero-order valence-corrected chi connectivity index (χ0v) is 13.0. The summed E-state index contributed by atoms with van der Waals surface area (Å²) in [6.45, 7) is 2.51. The van der Waals surface area contributed by atoms with Crippen LogP contribution in [-0.2, 0) is 6.42 Å². The van der Waals surface area contributed by atoms with Crippen LogP contribution in [0.4, 0.5) is 16.0 Å². The lowest BCUT2D eigenvalue weighted by molar-refractivity contribution is 0.425. The minimum absolute atomic E-state index is 0.207. The summed E-state index contributed by atoms with van der Waals surface area (Å²) in [5.74, 6) is 1.38. The largest absolute Gasteiger partial charge is 0.370 e. The molecule has 0 aliphatic rings. The highest BCUT2D eigenvalue weighted by Gasteiger charge is 1.99. The van der Waals surface area contributed by atoms with E-state index in [0.717, 1.165) is 43.3 Å². The van der Waals surface area contributed by atoms with E-state index in [1.807, 2.05) is 20.2 Å². The molecular weight excluding hydrogens is 281 g/mol. The average molecular weight is 303 g/mol. The maximum absolute atomic E-state index is 12.8. The Hall–Kier alpha value is -2.21. The van der Waals surface area contributed by atoms with Crippen LogP contribution >= 0.6 is 0 Å². The molecular formula is C16H22FN5. The predicted octanol–water partition coefficient (Wildman–Crippen LogP) is 2.24. The van der Waals surface area contributed by atoms with E-state index < -0.39 is 0 Å². The molecule has 1 heterocycles. The number of nitrogens with one attached hydrogen (secondary N) is 2. The van der Waals surface area contributed by atoms with Crippen LogP contribution in [0.15, 0.2) is 36.7 Å². The number of nitrogens with zero attached hydrogens (tertiary/aromatic N) is 3. The van der Waals surface area contributed by atoms with Crippen molar-refractivity contribution in [2.75, 3.05) is 44.4 Å². The van der Waals surface area contributed by atoms with E-state index in [9.17, 15) is 4.39 Å². The van der Waals surface area contributed by atoms with Gasteiger partial charge in [-0.15, -0.1) is 0 Å². The summed E-state index contributed by atoms with van der Waals surface area (Å²) in [6, 6.07) is 8.44. The average Bonchev–Trinajstić information content (AvgIpc) is 2.49. The molecule has 2 aromatic rings. The Bertz CT molecular complexity index is 571. The van der Waals surface area contributed by atoms with Crippen LogP contribution in [0, 0.1) is 5.82 Å². The number of benzene rings is 1. The van der Waals surface area contributed by atoms with E-state index in [4.69, 9.17) is 0 Å². The molecule has 0 unspecified atom stereocenters. The second-order valence-electron chi connectivity index (χ2n) is 5.32. The van der Waals surface area contributed by atoms with Crippen molar-refractivity contribution in [2.24, 2.45) is 0 Å². The van der Waals surface area contributed by atoms with Gasteiger partial charge in [0.2, 0.25) is 0 Å². The van der Waals surface area contributed by atoms with Gasteiger partial charge in [0.25, 0.3) is 0 Å². The number of anilines is 2. The molecule has 0 saturated heterocycles. The van der Waals surface area contributed by atoms with Crippen molar-refractivity contribution in [3.05, 3.63) is 48.0 Å². The van der Waals surface area contributed by atoms with Gasteiger partial charge in [-0.1, -0.05) is 12.1 Å². The number of halogens is 1. The van der Waals surface area contributed by atoms with Crippen LogP contribution in [0.1, 0.15) is 5.56 Å². The smallest absolute Gasteiger partial charge is 0.131 e. The molecule has 5 nitrogen and oxygen atoms in total. The van der Waals surface area contributed by atoms with Crippen LogP contribution in [0.5, 0.6) is 0 Å². The summed E-state index contributed by atoms with van der Waals surface area (Å²) in [5, 5.41) is 6.51. The van der Waals surface area contributed by atoms with Crippen molar-refractivity contribution < 1.29 is 4.39 Å². The zero-order valence-electron chi connectivity index (χ0n) is 13.0. The van der Waals surface area contributed by atoms with E-state index >= 15 is 0 Å². The normalized spacial score (nSPS) is 10.7. The first-order chi connectivity index (χ1) is 10.6. The third-order valence-electron chi connectivity index (χ3n) is 3.17. The third-order valence-corrected chi connectivity index (χ3v) is 3.17. The third kappa shape index (κ3) is 5.65. The highest BCUT2D eigenvalue weighted by atomic mass is 19.1. The Kier molecular flexibility index (Phi) is 6.09. The monoisotopic (exact) mass is 303 g/mol. The molecule has 22 heavy (non-hydrogen) atoms. The molecule has 0 saturated carbocycles. The quantitative estimate of drug-likeness (QED) is 0.783. The van der Waals surface area contributed by atoms with E-state index in [2.05, 4.69) is 25.5 Å². The summed E-state index contributed by atoms with van der Waals surface area (Å²) < 4.78 is 12.8. The fraction of sp³-hybridized carbons (Fsp3) is 0.375. The lowest BCUT2D eigenvalue weighted by Gasteiger charge is -2.11. The Morgan fingerprint density at radius 2 is 1.64 bits per heavy atom. The van der Waals surface area contributed by atoms with Gasteiger partial charge >= 0.3 is 0 Å². The number of aromatic nitrogens is 2. The number of likely N-dealkylation sites (N-methyl/N-ethyl adjacent to an activating group) is 1. The summed E-state index contributed by atoms with van der Waals surface area (Å²) in [7, 11) is 4.06. The second-order valence-corrected chi connectivity index (χ2v) is 5.32. The van der Waals surface area contributed by atoms with Gasteiger partial charge in [-0.2, -0.15) is 0 Å². The van der Waals surface area contributed by atoms with Crippen molar-refractivity contribution in [2.45, 2.75) is 6.42 Å².